The first-order chi connectivity index (χ1) is 7.26. The second kappa shape index (κ2) is 6.53. The zero-order valence-electron chi connectivity index (χ0n) is 9.62. The summed E-state index contributed by atoms with van der Waals surface area (Å²) >= 11 is 0. The third kappa shape index (κ3) is 4.40. The Hall–Kier alpha value is -0.940. The fourth-order valence-electron chi connectivity index (χ4n) is 1.14. The number of methoxy groups -OCH3 is 1. The predicted octanol–water partition coefficient (Wildman–Crippen LogP) is 1.15. The molecule has 1 heterocycles. The highest BCUT2D eigenvalue weighted by atomic mass is 16.5. The molecule has 1 aromatic rings. The minimum atomic E-state index is 0.231. The van der Waals surface area contributed by atoms with Crippen molar-refractivity contribution in [3.05, 3.63) is 11.8 Å². The summed E-state index contributed by atoms with van der Waals surface area (Å²) in [6.07, 6.45) is 1.90. The van der Waals surface area contributed by atoms with Crippen LogP contribution in [-0.4, -0.2) is 30.0 Å². The fraction of sp³-hybridized carbons (Fsp3) is 0.800. The Morgan fingerprint density at radius 3 is 2.80 bits per heavy atom. The van der Waals surface area contributed by atoms with Crippen molar-refractivity contribution in [2.24, 2.45) is 0 Å². The van der Waals surface area contributed by atoms with Crippen LogP contribution in [0.2, 0.25) is 0 Å². The average molecular weight is 213 g/mol. The monoisotopic (exact) mass is 213 g/mol. The Labute approximate surface area is 90.2 Å². The van der Waals surface area contributed by atoms with E-state index in [1.54, 1.807) is 7.11 Å². The summed E-state index contributed by atoms with van der Waals surface area (Å²) in [5.41, 5.74) is 0. The molecule has 0 aromatic carbocycles. The van der Waals surface area contributed by atoms with Crippen molar-refractivity contribution in [3.8, 4) is 0 Å². The molecule has 1 atom stereocenters. The summed E-state index contributed by atoms with van der Waals surface area (Å²) in [6, 6.07) is 0. The van der Waals surface area contributed by atoms with E-state index in [1.165, 1.54) is 0 Å². The van der Waals surface area contributed by atoms with Crippen molar-refractivity contribution in [3.63, 3.8) is 0 Å². The Balaban J connectivity index is 2.32. The summed E-state index contributed by atoms with van der Waals surface area (Å²) in [5.74, 6) is 1.34. The van der Waals surface area contributed by atoms with Gasteiger partial charge in [-0.25, -0.2) is 0 Å². The topological polar surface area (TPSA) is 60.2 Å². The Bertz CT molecular complexity index is 275. The molecule has 5 heteroatoms. The molecule has 5 nitrogen and oxygen atoms in total. The molecule has 1 N–H and O–H groups in total. The highest BCUT2D eigenvalue weighted by molar-refractivity contribution is 4.82. The Morgan fingerprint density at radius 1 is 1.40 bits per heavy atom. The standard InChI is InChI=1S/C10H19N3O2/c1-4-11-7-10-13-12-9(15-10)6-5-8(2)14-3/h8,11H,4-7H2,1-3H3. The van der Waals surface area contributed by atoms with Gasteiger partial charge in [0.2, 0.25) is 11.8 Å². The van der Waals surface area contributed by atoms with E-state index in [4.69, 9.17) is 9.15 Å². The lowest BCUT2D eigenvalue weighted by molar-refractivity contribution is 0.109. The van der Waals surface area contributed by atoms with E-state index in [2.05, 4.69) is 15.5 Å². The smallest absolute Gasteiger partial charge is 0.230 e. The largest absolute Gasteiger partial charge is 0.424 e. The van der Waals surface area contributed by atoms with Crippen LogP contribution in [0.25, 0.3) is 0 Å². The number of hydrogen-bond donors (Lipinski definition) is 1. The van der Waals surface area contributed by atoms with Crippen LogP contribution < -0.4 is 5.32 Å². The van der Waals surface area contributed by atoms with E-state index in [9.17, 15) is 0 Å². The Kier molecular flexibility index (Phi) is 5.28. The molecule has 0 spiro atoms. The van der Waals surface area contributed by atoms with Gasteiger partial charge in [-0.1, -0.05) is 6.92 Å². The molecule has 1 rings (SSSR count). The van der Waals surface area contributed by atoms with Gasteiger partial charge in [0.1, 0.15) is 0 Å². The van der Waals surface area contributed by atoms with Crippen molar-refractivity contribution in [1.29, 1.82) is 0 Å². The van der Waals surface area contributed by atoms with Gasteiger partial charge in [-0.15, -0.1) is 10.2 Å². The van der Waals surface area contributed by atoms with Crippen LogP contribution in [0.15, 0.2) is 4.42 Å². The minimum Gasteiger partial charge on any atom is -0.424 e. The molecule has 0 radical (unpaired) electrons. The molecule has 86 valence electrons. The molecular weight excluding hydrogens is 194 g/mol. The molecule has 0 saturated heterocycles. The summed E-state index contributed by atoms with van der Waals surface area (Å²) in [6.45, 7) is 5.61. The summed E-state index contributed by atoms with van der Waals surface area (Å²) in [5, 5.41) is 11.0. The highest BCUT2D eigenvalue weighted by Gasteiger charge is 2.07. The van der Waals surface area contributed by atoms with Gasteiger partial charge in [-0.2, -0.15) is 0 Å². The van der Waals surface area contributed by atoms with Crippen LogP contribution in [0.1, 0.15) is 32.0 Å². The molecule has 0 aliphatic carbocycles. The van der Waals surface area contributed by atoms with Crippen molar-refractivity contribution in [2.45, 2.75) is 39.3 Å². The van der Waals surface area contributed by atoms with Crippen LogP contribution in [0, 0.1) is 0 Å². The van der Waals surface area contributed by atoms with Crippen LogP contribution in [0.3, 0.4) is 0 Å². The maximum Gasteiger partial charge on any atom is 0.230 e. The first-order valence-electron chi connectivity index (χ1n) is 5.31. The molecule has 15 heavy (non-hydrogen) atoms. The molecule has 1 aromatic heterocycles. The molecule has 0 aliphatic heterocycles. The fourth-order valence-corrected chi connectivity index (χ4v) is 1.14. The summed E-state index contributed by atoms with van der Waals surface area (Å²) in [7, 11) is 1.70. The quantitative estimate of drug-likeness (QED) is 0.736. The molecule has 0 saturated carbocycles. The van der Waals surface area contributed by atoms with Gasteiger partial charge < -0.3 is 14.5 Å². The van der Waals surface area contributed by atoms with E-state index in [1.807, 2.05) is 13.8 Å². The van der Waals surface area contributed by atoms with Crippen LogP contribution in [0.4, 0.5) is 0 Å². The zero-order valence-corrected chi connectivity index (χ0v) is 9.62. The normalized spacial score (nSPS) is 13.0. The van der Waals surface area contributed by atoms with Crippen molar-refractivity contribution in [2.75, 3.05) is 13.7 Å². The van der Waals surface area contributed by atoms with Gasteiger partial charge in [-0.05, 0) is 19.9 Å². The average Bonchev–Trinajstić information content (AvgIpc) is 2.71. The molecule has 1 unspecified atom stereocenters. The van der Waals surface area contributed by atoms with Crippen LogP contribution >= 0.6 is 0 Å². The van der Waals surface area contributed by atoms with Crippen molar-refractivity contribution in [1.82, 2.24) is 15.5 Å². The molecular formula is C10H19N3O2. The van der Waals surface area contributed by atoms with Gasteiger partial charge >= 0.3 is 0 Å². The third-order valence-electron chi connectivity index (χ3n) is 2.20. The van der Waals surface area contributed by atoms with Gasteiger partial charge in [0.25, 0.3) is 0 Å². The molecule has 0 bridgehead atoms. The number of aromatic nitrogens is 2. The zero-order chi connectivity index (χ0) is 11.1. The van der Waals surface area contributed by atoms with Gasteiger partial charge in [0.05, 0.1) is 12.6 Å². The lowest BCUT2D eigenvalue weighted by Gasteiger charge is -2.05. The SMILES string of the molecule is CCNCc1nnc(CCC(C)OC)o1. The van der Waals surface area contributed by atoms with Gasteiger partial charge in [-0.3, -0.25) is 0 Å². The van der Waals surface area contributed by atoms with Crippen LogP contribution in [-0.2, 0) is 17.7 Å². The lowest BCUT2D eigenvalue weighted by atomic mass is 10.2. The summed E-state index contributed by atoms with van der Waals surface area (Å²) in [4.78, 5) is 0. The van der Waals surface area contributed by atoms with E-state index >= 15 is 0 Å². The molecule has 0 fully saturated rings. The second-order valence-corrected chi connectivity index (χ2v) is 3.45. The maximum atomic E-state index is 5.44. The van der Waals surface area contributed by atoms with Crippen molar-refractivity contribution >= 4 is 0 Å². The van der Waals surface area contributed by atoms with Crippen LogP contribution in [0.5, 0.6) is 0 Å². The Morgan fingerprint density at radius 2 is 2.13 bits per heavy atom. The number of nitrogens with zero attached hydrogens (tertiary/aromatic N) is 2. The molecule has 0 amide bonds. The van der Waals surface area contributed by atoms with Gasteiger partial charge in [0.15, 0.2) is 0 Å². The van der Waals surface area contributed by atoms with E-state index < -0.39 is 0 Å². The minimum absolute atomic E-state index is 0.231. The first-order valence-corrected chi connectivity index (χ1v) is 5.31. The summed E-state index contributed by atoms with van der Waals surface area (Å²) < 4.78 is 10.6. The van der Waals surface area contributed by atoms with E-state index in [-0.39, 0.29) is 6.10 Å². The number of aryl methyl sites for hydroxylation is 1. The third-order valence-corrected chi connectivity index (χ3v) is 2.20. The van der Waals surface area contributed by atoms with Crippen molar-refractivity contribution < 1.29 is 9.15 Å². The van der Waals surface area contributed by atoms with Gasteiger partial charge in [0, 0.05) is 13.5 Å². The predicted molar refractivity (Wildman–Crippen MR) is 56.5 cm³/mol. The highest BCUT2D eigenvalue weighted by Crippen LogP contribution is 2.05. The molecule has 0 aliphatic rings. The number of nitrogens with one attached hydrogen (secondary N) is 1. The maximum absolute atomic E-state index is 5.44. The number of rotatable bonds is 7. The number of ether oxygens (including phenoxy) is 1. The first kappa shape index (κ1) is 12.1. The second-order valence-electron chi connectivity index (χ2n) is 3.45. The number of hydrogen-bond acceptors (Lipinski definition) is 5. The lowest BCUT2D eigenvalue weighted by Crippen LogP contribution is -2.11. The van der Waals surface area contributed by atoms with E-state index in [0.717, 1.165) is 19.4 Å². The van der Waals surface area contributed by atoms with E-state index in [0.29, 0.717) is 18.3 Å².